The number of hydrogen-bond donors (Lipinski definition) is 1. The Morgan fingerprint density at radius 1 is 1.02 bits per heavy atom. The van der Waals surface area contributed by atoms with Crippen molar-refractivity contribution in [3.63, 3.8) is 0 Å². The van der Waals surface area contributed by atoms with Crippen LogP contribution in [0, 0.1) is 5.92 Å². The highest BCUT2D eigenvalue weighted by molar-refractivity contribution is 6.91. The van der Waals surface area contributed by atoms with Gasteiger partial charge in [0.15, 0.2) is 0 Å². The van der Waals surface area contributed by atoms with Gasteiger partial charge in [-0.1, -0.05) is 85.0 Å². The number of aromatic nitrogens is 3. The van der Waals surface area contributed by atoms with Crippen LogP contribution in [-0.2, 0) is 22.4 Å². The summed E-state index contributed by atoms with van der Waals surface area (Å²) in [6.07, 6.45) is 4.45. The Kier molecular flexibility index (Phi) is 10.1. The van der Waals surface area contributed by atoms with Crippen LogP contribution in [0.5, 0.6) is 5.75 Å². The van der Waals surface area contributed by atoms with E-state index in [1.807, 2.05) is 53.3 Å². The molecule has 47 heavy (non-hydrogen) atoms. The Morgan fingerprint density at radius 2 is 1.81 bits per heavy atom. The number of carbonyl (C=O) groups excluding carboxylic acids is 1. The van der Waals surface area contributed by atoms with E-state index in [0.29, 0.717) is 31.2 Å². The lowest BCUT2D eigenvalue weighted by Crippen LogP contribution is -2.50. The van der Waals surface area contributed by atoms with Crippen LogP contribution in [0.15, 0.2) is 85.1 Å². The summed E-state index contributed by atoms with van der Waals surface area (Å²) >= 11 is 0. The monoisotopic (exact) mass is 654 g/mol. The first-order valence-electron chi connectivity index (χ1n) is 16.7. The molecule has 3 heterocycles. The number of nitrogens with zero attached hydrogens (tertiary/aromatic N) is 4. The summed E-state index contributed by atoms with van der Waals surface area (Å²) < 4.78 is 19.5. The second-order valence-corrected chi connectivity index (χ2v) is 18.1. The number of benzene rings is 3. The molecule has 2 aliphatic rings. The number of cyclic esters (lactones) is 1. The fourth-order valence-corrected chi connectivity index (χ4v) is 11.7. The molecular formula is C37H46N4O5Si. The number of carbonyl (C=O) groups is 1. The number of aliphatic hydroxyl groups excluding tert-OH is 1. The van der Waals surface area contributed by atoms with Crippen molar-refractivity contribution in [1.29, 1.82) is 0 Å². The fourth-order valence-electron chi connectivity index (χ4n) is 7.63. The molecule has 2 fully saturated rings. The van der Waals surface area contributed by atoms with E-state index in [2.05, 4.69) is 66.7 Å². The van der Waals surface area contributed by atoms with E-state index in [1.54, 1.807) is 12.0 Å². The number of methoxy groups -OCH3 is 1. The number of rotatable bonds is 13. The van der Waals surface area contributed by atoms with Crippen molar-refractivity contribution in [2.24, 2.45) is 5.92 Å². The maximum atomic E-state index is 12.2. The lowest BCUT2D eigenvalue weighted by atomic mass is 9.95. The van der Waals surface area contributed by atoms with Gasteiger partial charge in [-0.15, -0.1) is 5.10 Å². The van der Waals surface area contributed by atoms with Crippen molar-refractivity contribution >= 4 is 25.0 Å². The van der Waals surface area contributed by atoms with Crippen LogP contribution in [-0.4, -0.2) is 73.3 Å². The number of anilines is 1. The van der Waals surface area contributed by atoms with Crippen LogP contribution in [0.25, 0.3) is 0 Å². The second-order valence-electron chi connectivity index (χ2n) is 13.4. The zero-order valence-corrected chi connectivity index (χ0v) is 28.8. The molecule has 0 saturated carbocycles. The Balaban J connectivity index is 1.19. The molecule has 5 atom stereocenters. The first kappa shape index (κ1) is 32.9. The van der Waals surface area contributed by atoms with Gasteiger partial charge in [-0.2, -0.15) is 0 Å². The predicted molar refractivity (Wildman–Crippen MR) is 185 cm³/mol. The molecule has 2 saturated heterocycles. The average molecular weight is 655 g/mol. The second kappa shape index (κ2) is 14.4. The zero-order chi connectivity index (χ0) is 33.0. The van der Waals surface area contributed by atoms with Gasteiger partial charge in [0.2, 0.25) is 0 Å². The summed E-state index contributed by atoms with van der Waals surface area (Å²) in [6, 6.07) is 26.8. The summed E-state index contributed by atoms with van der Waals surface area (Å²) in [5, 5.41) is 20.5. The standard InChI is InChI=1S/C37H46N4O5Si/c1-26-34(18-13-27-9-8-12-29(23-27)41-21-22-45-37(41)43)46-35(36(26)47(3,4)31-16-14-30(44-2)15-17-31)19-20-40-24-33(38-39-40)32(25-42)28-10-6-5-7-11-28/h5-12,14-17,23-24,26,32,34-36,42H,13,18-22,25H2,1-4H3/t26-,32?,34+,35-,36+/m1/s1. The van der Waals surface area contributed by atoms with Crippen molar-refractivity contribution in [3.05, 3.63) is 102 Å². The van der Waals surface area contributed by atoms with Gasteiger partial charge in [-0.05, 0) is 66.1 Å². The smallest absolute Gasteiger partial charge is 0.414 e. The van der Waals surface area contributed by atoms with Crippen LogP contribution >= 0.6 is 0 Å². The summed E-state index contributed by atoms with van der Waals surface area (Å²) in [6.45, 7) is 8.96. The van der Waals surface area contributed by atoms with Crippen LogP contribution in [0.2, 0.25) is 18.6 Å². The molecule has 1 N–H and O–H groups in total. The molecular weight excluding hydrogens is 609 g/mol. The van der Waals surface area contributed by atoms with Gasteiger partial charge in [0.05, 0.1) is 52.2 Å². The van der Waals surface area contributed by atoms with Crippen LogP contribution < -0.4 is 14.8 Å². The number of amides is 1. The molecule has 10 heteroatoms. The molecule has 4 aromatic rings. The van der Waals surface area contributed by atoms with E-state index in [0.717, 1.165) is 42.0 Å². The van der Waals surface area contributed by atoms with Crippen LogP contribution in [0.3, 0.4) is 0 Å². The minimum absolute atomic E-state index is 0.0254. The van der Waals surface area contributed by atoms with E-state index in [-0.39, 0.29) is 30.8 Å². The molecule has 1 unspecified atom stereocenters. The third kappa shape index (κ3) is 7.14. The highest BCUT2D eigenvalue weighted by Gasteiger charge is 2.50. The minimum atomic E-state index is -2.01. The van der Waals surface area contributed by atoms with Crippen molar-refractivity contribution in [2.75, 3.05) is 31.8 Å². The van der Waals surface area contributed by atoms with Gasteiger partial charge in [0.1, 0.15) is 12.4 Å². The van der Waals surface area contributed by atoms with Gasteiger partial charge < -0.3 is 19.3 Å². The minimum Gasteiger partial charge on any atom is -0.497 e. The third-order valence-electron chi connectivity index (χ3n) is 10.2. The molecule has 3 aromatic carbocycles. The molecule has 0 spiro atoms. The zero-order valence-electron chi connectivity index (χ0n) is 27.8. The summed E-state index contributed by atoms with van der Waals surface area (Å²) in [4.78, 5) is 13.9. The van der Waals surface area contributed by atoms with Gasteiger partial charge in [-0.3, -0.25) is 9.58 Å². The number of hydrogen-bond acceptors (Lipinski definition) is 7. The van der Waals surface area contributed by atoms with E-state index in [1.165, 1.54) is 10.8 Å². The van der Waals surface area contributed by atoms with E-state index in [9.17, 15) is 9.90 Å². The summed E-state index contributed by atoms with van der Waals surface area (Å²) in [5.74, 6) is 1.02. The Hall–Kier alpha value is -3.99. The highest BCUT2D eigenvalue weighted by Crippen LogP contribution is 2.46. The lowest BCUT2D eigenvalue weighted by molar-refractivity contribution is 0.0249. The molecule has 1 aromatic heterocycles. The SMILES string of the molecule is COc1ccc([Si](C)(C)[C@H]2[C@H](C)[C@H](CCc3cccc(N4CCOC4=O)c3)O[C@@H]2CCn2cc(C(CO)c3ccccc3)nn2)cc1. The predicted octanol–water partition coefficient (Wildman–Crippen LogP) is 5.78. The van der Waals surface area contributed by atoms with Gasteiger partial charge in [-0.25, -0.2) is 4.79 Å². The topological polar surface area (TPSA) is 98.9 Å². The lowest BCUT2D eigenvalue weighted by Gasteiger charge is -2.36. The molecule has 248 valence electrons. The highest BCUT2D eigenvalue weighted by atomic mass is 28.3. The van der Waals surface area contributed by atoms with Gasteiger partial charge >= 0.3 is 6.09 Å². The summed E-state index contributed by atoms with van der Waals surface area (Å²) in [5.41, 5.74) is 4.26. The Bertz CT molecular complexity index is 1630. The molecule has 1 amide bonds. The first-order chi connectivity index (χ1) is 22.8. The van der Waals surface area contributed by atoms with Crippen molar-refractivity contribution in [3.8, 4) is 5.75 Å². The largest absolute Gasteiger partial charge is 0.497 e. The maximum Gasteiger partial charge on any atom is 0.414 e. The maximum absolute atomic E-state index is 12.2. The molecule has 6 rings (SSSR count). The summed E-state index contributed by atoms with van der Waals surface area (Å²) in [7, 11) is -0.306. The third-order valence-corrected chi connectivity index (χ3v) is 14.6. The molecule has 0 bridgehead atoms. The quantitative estimate of drug-likeness (QED) is 0.183. The number of ether oxygens (including phenoxy) is 3. The van der Waals surface area contributed by atoms with Crippen LogP contribution in [0.4, 0.5) is 10.5 Å². The van der Waals surface area contributed by atoms with E-state index < -0.39 is 8.07 Å². The fraction of sp³-hybridized carbons (Fsp3) is 0.432. The van der Waals surface area contributed by atoms with E-state index in [4.69, 9.17) is 14.2 Å². The van der Waals surface area contributed by atoms with Crippen LogP contribution in [0.1, 0.15) is 42.5 Å². The number of aryl methyl sites for hydroxylation is 2. The van der Waals surface area contributed by atoms with E-state index >= 15 is 0 Å². The normalized spacial score (nSPS) is 22.0. The van der Waals surface area contributed by atoms with Gasteiger partial charge in [0, 0.05) is 18.4 Å². The molecule has 2 aliphatic heterocycles. The molecule has 0 radical (unpaired) electrons. The average Bonchev–Trinajstić information content (AvgIpc) is 3.82. The van der Waals surface area contributed by atoms with Crippen molar-refractivity contribution < 1.29 is 24.1 Å². The van der Waals surface area contributed by atoms with Crippen molar-refractivity contribution in [1.82, 2.24) is 15.0 Å². The molecule has 9 nitrogen and oxygen atoms in total. The number of aliphatic hydroxyl groups is 1. The Labute approximate surface area is 278 Å². The Morgan fingerprint density at radius 3 is 2.51 bits per heavy atom. The van der Waals surface area contributed by atoms with Crippen molar-refractivity contribution in [2.45, 2.75) is 69.5 Å². The first-order valence-corrected chi connectivity index (χ1v) is 19.7. The van der Waals surface area contributed by atoms with Gasteiger partial charge in [0.25, 0.3) is 0 Å². The molecule has 0 aliphatic carbocycles.